The summed E-state index contributed by atoms with van der Waals surface area (Å²) in [5, 5.41) is 12.4. The topological polar surface area (TPSA) is 52.6 Å². The molecule has 1 amide bonds. The van der Waals surface area contributed by atoms with Crippen molar-refractivity contribution >= 4 is 5.91 Å². The fraction of sp³-hybridized carbons (Fsp3) is 0.917. The van der Waals surface area contributed by atoms with Gasteiger partial charge < -0.3 is 15.3 Å². The van der Waals surface area contributed by atoms with Gasteiger partial charge in [-0.05, 0) is 44.7 Å². The van der Waals surface area contributed by atoms with Crippen LogP contribution in [0.2, 0.25) is 0 Å². The van der Waals surface area contributed by atoms with Crippen LogP contribution in [0.1, 0.15) is 32.1 Å². The van der Waals surface area contributed by atoms with E-state index < -0.39 is 0 Å². The number of carbonyl (C=O) groups is 1. The molecule has 0 aromatic carbocycles. The van der Waals surface area contributed by atoms with Gasteiger partial charge in [0.1, 0.15) is 0 Å². The lowest BCUT2D eigenvalue weighted by atomic mass is 10.2. The molecular weight excluding hydrogens is 204 g/mol. The summed E-state index contributed by atoms with van der Waals surface area (Å²) in [4.78, 5) is 13.8. The molecule has 2 fully saturated rings. The monoisotopic (exact) mass is 226 g/mol. The van der Waals surface area contributed by atoms with E-state index in [2.05, 4.69) is 10.2 Å². The fourth-order valence-electron chi connectivity index (χ4n) is 2.22. The van der Waals surface area contributed by atoms with Crippen LogP contribution in [0.5, 0.6) is 0 Å². The maximum Gasteiger partial charge on any atom is 0.221 e. The first-order valence-corrected chi connectivity index (χ1v) is 6.43. The van der Waals surface area contributed by atoms with Crippen molar-refractivity contribution in [2.24, 2.45) is 5.92 Å². The highest BCUT2D eigenvalue weighted by Crippen LogP contribution is 2.32. The van der Waals surface area contributed by atoms with Gasteiger partial charge in [0.25, 0.3) is 0 Å². The molecule has 0 aromatic heterocycles. The quantitative estimate of drug-likeness (QED) is 0.687. The summed E-state index contributed by atoms with van der Waals surface area (Å²) < 4.78 is 0. The fourth-order valence-corrected chi connectivity index (χ4v) is 2.22. The minimum atomic E-state index is -0.323. The second-order valence-corrected chi connectivity index (χ2v) is 5.01. The van der Waals surface area contributed by atoms with Gasteiger partial charge in [0.05, 0.1) is 6.10 Å². The minimum absolute atomic E-state index is 0.0756. The molecule has 4 heteroatoms. The Morgan fingerprint density at radius 1 is 1.38 bits per heavy atom. The van der Waals surface area contributed by atoms with Crippen LogP contribution in [0.25, 0.3) is 0 Å². The van der Waals surface area contributed by atoms with Crippen LogP contribution in [0.3, 0.4) is 0 Å². The summed E-state index contributed by atoms with van der Waals surface area (Å²) >= 11 is 0. The number of likely N-dealkylation sites (tertiary alicyclic amines) is 1. The Balaban J connectivity index is 1.53. The van der Waals surface area contributed by atoms with Gasteiger partial charge in [-0.1, -0.05) is 0 Å². The predicted octanol–water partition coefficient (Wildman–Crippen LogP) is 0.359. The molecule has 1 saturated carbocycles. The number of nitrogens with zero attached hydrogens (tertiary/aromatic N) is 1. The van der Waals surface area contributed by atoms with E-state index in [0.717, 1.165) is 32.5 Å². The molecule has 2 N–H and O–H groups in total. The van der Waals surface area contributed by atoms with Crippen LogP contribution < -0.4 is 5.32 Å². The van der Waals surface area contributed by atoms with E-state index in [0.29, 0.717) is 18.9 Å². The van der Waals surface area contributed by atoms with Crippen LogP contribution in [-0.4, -0.2) is 48.2 Å². The Morgan fingerprint density at radius 2 is 2.06 bits per heavy atom. The number of hydrogen-bond donors (Lipinski definition) is 2. The van der Waals surface area contributed by atoms with E-state index in [1.807, 2.05) is 0 Å². The third-order valence-corrected chi connectivity index (χ3v) is 3.53. The first-order chi connectivity index (χ1) is 7.75. The molecule has 1 heterocycles. The summed E-state index contributed by atoms with van der Waals surface area (Å²) in [7, 11) is 0. The van der Waals surface area contributed by atoms with Gasteiger partial charge in [0, 0.05) is 19.5 Å². The maximum absolute atomic E-state index is 11.5. The zero-order valence-corrected chi connectivity index (χ0v) is 9.82. The molecule has 1 aliphatic heterocycles. The summed E-state index contributed by atoms with van der Waals surface area (Å²) in [5.74, 6) is 0.519. The molecule has 1 aliphatic carbocycles. The minimum Gasteiger partial charge on any atom is -0.391 e. The number of aliphatic hydroxyl groups excluding tert-OH is 1. The van der Waals surface area contributed by atoms with E-state index in [1.165, 1.54) is 12.8 Å². The number of carbonyl (C=O) groups excluding carboxylic acids is 1. The van der Waals surface area contributed by atoms with E-state index in [-0.39, 0.29) is 12.0 Å². The molecule has 16 heavy (non-hydrogen) atoms. The Kier molecular flexibility index (Phi) is 4.18. The van der Waals surface area contributed by atoms with Gasteiger partial charge >= 0.3 is 0 Å². The van der Waals surface area contributed by atoms with Crippen LogP contribution >= 0.6 is 0 Å². The van der Waals surface area contributed by atoms with E-state index in [4.69, 9.17) is 0 Å². The van der Waals surface area contributed by atoms with Crippen LogP contribution in [0.4, 0.5) is 0 Å². The standard InChI is InChI=1S/C12H22N2O2/c15-11(10-3-4-10)9-13-12(16)5-8-14-6-1-2-7-14/h10-11,15H,1-9H2,(H,13,16). The summed E-state index contributed by atoms with van der Waals surface area (Å²) in [6.45, 7) is 3.57. The molecule has 92 valence electrons. The molecule has 0 aromatic rings. The lowest BCUT2D eigenvalue weighted by molar-refractivity contribution is -0.121. The first kappa shape index (κ1) is 11.9. The van der Waals surface area contributed by atoms with Crippen molar-refractivity contribution in [2.75, 3.05) is 26.2 Å². The molecule has 4 nitrogen and oxygen atoms in total. The van der Waals surface area contributed by atoms with Gasteiger partial charge in [-0.25, -0.2) is 0 Å². The van der Waals surface area contributed by atoms with E-state index >= 15 is 0 Å². The van der Waals surface area contributed by atoms with E-state index in [9.17, 15) is 9.90 Å². The Labute approximate surface area is 97.0 Å². The molecule has 2 rings (SSSR count). The predicted molar refractivity (Wildman–Crippen MR) is 62.0 cm³/mol. The molecule has 0 spiro atoms. The van der Waals surface area contributed by atoms with Crippen molar-refractivity contribution < 1.29 is 9.90 Å². The number of aliphatic hydroxyl groups is 1. The van der Waals surface area contributed by atoms with Crippen molar-refractivity contribution in [1.82, 2.24) is 10.2 Å². The Morgan fingerprint density at radius 3 is 2.69 bits per heavy atom. The number of amides is 1. The van der Waals surface area contributed by atoms with Crippen molar-refractivity contribution in [1.29, 1.82) is 0 Å². The Bertz CT molecular complexity index is 227. The van der Waals surface area contributed by atoms with Crippen molar-refractivity contribution in [2.45, 2.75) is 38.2 Å². The largest absolute Gasteiger partial charge is 0.391 e. The van der Waals surface area contributed by atoms with Crippen LogP contribution in [0, 0.1) is 5.92 Å². The summed E-state index contributed by atoms with van der Waals surface area (Å²) in [5.41, 5.74) is 0. The first-order valence-electron chi connectivity index (χ1n) is 6.43. The summed E-state index contributed by atoms with van der Waals surface area (Å²) in [6, 6.07) is 0. The van der Waals surface area contributed by atoms with Crippen LogP contribution in [-0.2, 0) is 4.79 Å². The third-order valence-electron chi connectivity index (χ3n) is 3.53. The number of nitrogens with one attached hydrogen (secondary N) is 1. The van der Waals surface area contributed by atoms with Crippen molar-refractivity contribution in [3.8, 4) is 0 Å². The zero-order valence-electron chi connectivity index (χ0n) is 9.82. The molecule has 1 saturated heterocycles. The van der Waals surface area contributed by atoms with Gasteiger partial charge in [0.15, 0.2) is 0 Å². The highest BCUT2D eigenvalue weighted by Gasteiger charge is 2.29. The molecular formula is C12H22N2O2. The average molecular weight is 226 g/mol. The number of hydrogen-bond acceptors (Lipinski definition) is 3. The second kappa shape index (κ2) is 5.64. The third kappa shape index (κ3) is 3.76. The summed E-state index contributed by atoms with van der Waals surface area (Å²) in [6.07, 6.45) is 5.01. The smallest absolute Gasteiger partial charge is 0.221 e. The highest BCUT2D eigenvalue weighted by molar-refractivity contribution is 5.76. The average Bonchev–Trinajstić information content (AvgIpc) is 3.01. The lowest BCUT2D eigenvalue weighted by Crippen LogP contribution is -2.35. The van der Waals surface area contributed by atoms with Crippen molar-refractivity contribution in [3.63, 3.8) is 0 Å². The van der Waals surface area contributed by atoms with Crippen molar-refractivity contribution in [3.05, 3.63) is 0 Å². The highest BCUT2D eigenvalue weighted by atomic mass is 16.3. The normalized spacial score (nSPS) is 23.3. The zero-order chi connectivity index (χ0) is 11.4. The molecule has 2 aliphatic rings. The SMILES string of the molecule is O=C(CCN1CCCC1)NCC(O)C1CC1. The lowest BCUT2D eigenvalue weighted by Gasteiger charge is -2.15. The molecule has 1 unspecified atom stereocenters. The Hall–Kier alpha value is -0.610. The maximum atomic E-state index is 11.5. The molecule has 0 bridgehead atoms. The second-order valence-electron chi connectivity index (χ2n) is 5.01. The molecule has 1 atom stereocenters. The van der Waals surface area contributed by atoms with Gasteiger partial charge in [-0.2, -0.15) is 0 Å². The van der Waals surface area contributed by atoms with Gasteiger partial charge in [-0.3, -0.25) is 4.79 Å². The van der Waals surface area contributed by atoms with Gasteiger partial charge in [0.2, 0.25) is 5.91 Å². The molecule has 0 radical (unpaired) electrons. The number of rotatable bonds is 6. The van der Waals surface area contributed by atoms with E-state index in [1.54, 1.807) is 0 Å². The van der Waals surface area contributed by atoms with Crippen LogP contribution in [0.15, 0.2) is 0 Å². The van der Waals surface area contributed by atoms with Gasteiger partial charge in [-0.15, -0.1) is 0 Å².